The van der Waals surface area contributed by atoms with Crippen molar-refractivity contribution in [2.45, 2.75) is 0 Å². The summed E-state index contributed by atoms with van der Waals surface area (Å²) in [6.45, 7) is 0. The largest absolute Gasteiger partial charge is 0.508 e. The number of ketones is 1. The second-order valence-electron chi connectivity index (χ2n) is 5.82. The molecular formula is C21H20O8. The Hall–Kier alpha value is -4.07. The molecule has 2 aromatic carbocycles. The van der Waals surface area contributed by atoms with E-state index in [0.29, 0.717) is 11.1 Å². The number of hydrogen-bond donors (Lipinski definition) is 5. The van der Waals surface area contributed by atoms with Gasteiger partial charge in [0.1, 0.15) is 5.76 Å². The molecule has 0 spiro atoms. The third-order valence-electron chi connectivity index (χ3n) is 3.77. The molecule has 152 valence electrons. The number of allylic oxidation sites excluding steroid dienone is 3. The highest BCUT2D eigenvalue weighted by Crippen LogP contribution is 2.37. The Bertz CT molecular complexity index is 1000. The van der Waals surface area contributed by atoms with E-state index in [-0.39, 0.29) is 23.0 Å². The molecule has 0 fully saturated rings. The number of aliphatic hydroxyl groups is 1. The number of phenolic OH excluding ortho intramolecular Hbond substituents is 4. The zero-order valence-electron chi connectivity index (χ0n) is 15.7. The Morgan fingerprint density at radius 2 is 1.24 bits per heavy atom. The smallest absolute Gasteiger partial charge is 0.200 e. The molecule has 5 N–H and O–H groups in total. The van der Waals surface area contributed by atoms with E-state index in [1.807, 2.05) is 0 Å². The minimum Gasteiger partial charge on any atom is -0.508 e. The van der Waals surface area contributed by atoms with Crippen molar-refractivity contribution in [2.24, 2.45) is 0 Å². The highest BCUT2D eigenvalue weighted by atomic mass is 16.5. The molecular weight excluding hydrogens is 380 g/mol. The van der Waals surface area contributed by atoms with Gasteiger partial charge in [-0.1, -0.05) is 12.2 Å². The molecule has 0 aliphatic heterocycles. The molecule has 0 bridgehead atoms. The summed E-state index contributed by atoms with van der Waals surface area (Å²) in [6, 6.07) is 5.36. The molecule has 29 heavy (non-hydrogen) atoms. The number of benzene rings is 2. The van der Waals surface area contributed by atoms with Crippen LogP contribution in [0.25, 0.3) is 12.2 Å². The van der Waals surface area contributed by atoms with Crippen molar-refractivity contribution in [3.63, 3.8) is 0 Å². The normalized spacial score (nSPS) is 11.9. The van der Waals surface area contributed by atoms with Crippen molar-refractivity contribution in [1.29, 1.82) is 0 Å². The van der Waals surface area contributed by atoms with E-state index in [0.717, 1.165) is 12.2 Å². The Labute approximate surface area is 166 Å². The minimum absolute atomic E-state index is 0.0472. The molecule has 8 nitrogen and oxygen atoms in total. The summed E-state index contributed by atoms with van der Waals surface area (Å²) in [5.41, 5.74) is 0.826. The van der Waals surface area contributed by atoms with Crippen LogP contribution in [-0.2, 0) is 4.79 Å². The van der Waals surface area contributed by atoms with Crippen LogP contribution in [-0.4, -0.2) is 45.5 Å². The molecule has 0 heterocycles. The number of phenols is 4. The average Bonchev–Trinajstić information content (AvgIpc) is 2.69. The summed E-state index contributed by atoms with van der Waals surface area (Å²) >= 11 is 0. The molecule has 0 aliphatic carbocycles. The van der Waals surface area contributed by atoms with Gasteiger partial charge in [-0.15, -0.1) is 0 Å². The third kappa shape index (κ3) is 5.46. The van der Waals surface area contributed by atoms with Crippen molar-refractivity contribution in [2.75, 3.05) is 14.2 Å². The van der Waals surface area contributed by atoms with Gasteiger partial charge in [-0.2, -0.15) is 0 Å². The van der Waals surface area contributed by atoms with Crippen LogP contribution >= 0.6 is 0 Å². The predicted molar refractivity (Wildman–Crippen MR) is 106 cm³/mol. The number of aromatic hydroxyl groups is 4. The predicted octanol–water partition coefficient (Wildman–Crippen LogP) is 3.26. The number of hydrogen-bond acceptors (Lipinski definition) is 8. The maximum atomic E-state index is 12.0. The summed E-state index contributed by atoms with van der Waals surface area (Å²) in [6.07, 6.45) is 6.13. The lowest BCUT2D eigenvalue weighted by Crippen LogP contribution is -1.90. The van der Waals surface area contributed by atoms with Crippen LogP contribution in [0.15, 0.2) is 48.3 Å². The molecule has 0 aromatic heterocycles. The summed E-state index contributed by atoms with van der Waals surface area (Å²) in [4.78, 5) is 12.0. The zero-order chi connectivity index (χ0) is 21.6. The van der Waals surface area contributed by atoms with Crippen LogP contribution in [0.4, 0.5) is 0 Å². The Morgan fingerprint density at radius 3 is 1.69 bits per heavy atom. The van der Waals surface area contributed by atoms with E-state index < -0.39 is 23.0 Å². The average molecular weight is 400 g/mol. The molecule has 0 radical (unpaired) electrons. The van der Waals surface area contributed by atoms with E-state index in [9.17, 15) is 30.3 Å². The van der Waals surface area contributed by atoms with Gasteiger partial charge in [0, 0.05) is 6.08 Å². The first-order valence-corrected chi connectivity index (χ1v) is 8.26. The van der Waals surface area contributed by atoms with E-state index in [1.54, 1.807) is 0 Å². The van der Waals surface area contributed by atoms with Crippen molar-refractivity contribution >= 4 is 17.9 Å². The van der Waals surface area contributed by atoms with E-state index in [4.69, 9.17) is 9.47 Å². The van der Waals surface area contributed by atoms with Crippen LogP contribution in [0.5, 0.6) is 34.5 Å². The number of rotatable bonds is 7. The summed E-state index contributed by atoms with van der Waals surface area (Å²) in [5.74, 6) is -2.38. The molecule has 0 atom stereocenters. The highest BCUT2D eigenvalue weighted by Gasteiger charge is 2.09. The second kappa shape index (κ2) is 9.23. The van der Waals surface area contributed by atoms with Crippen molar-refractivity contribution in [1.82, 2.24) is 0 Å². The molecule has 0 amide bonds. The van der Waals surface area contributed by atoms with Gasteiger partial charge in [-0.25, -0.2) is 0 Å². The number of carbonyl (C=O) groups is 1. The van der Waals surface area contributed by atoms with Gasteiger partial charge < -0.3 is 35.0 Å². The molecule has 0 saturated carbocycles. The molecule has 0 unspecified atom stereocenters. The lowest BCUT2D eigenvalue weighted by Gasteiger charge is -2.06. The SMILES string of the molecule is COc1cc(C=CC(=O)C=C(O)C=Cc2cc(O)c(O)c(OC)c2)cc(O)c1O. The maximum Gasteiger partial charge on any atom is 0.200 e. The standard InChI is InChI=1S/C21H20O8/c1-28-18-9-12(7-16(24)20(18)26)3-5-14(22)11-15(23)6-4-13-8-17(25)21(27)19(10-13)29-2/h3-11,22,24-27H,1-2H3. The van der Waals surface area contributed by atoms with E-state index >= 15 is 0 Å². The van der Waals surface area contributed by atoms with Crippen LogP contribution in [0.1, 0.15) is 11.1 Å². The van der Waals surface area contributed by atoms with Crippen molar-refractivity contribution in [3.05, 3.63) is 59.4 Å². The number of aliphatic hydroxyl groups excluding tert-OH is 1. The first kappa shape index (κ1) is 21.2. The van der Waals surface area contributed by atoms with Crippen LogP contribution < -0.4 is 9.47 Å². The monoisotopic (exact) mass is 400 g/mol. The number of ether oxygens (including phenoxy) is 2. The fraction of sp³-hybridized carbons (Fsp3) is 0.0952. The first-order valence-electron chi connectivity index (χ1n) is 8.26. The van der Waals surface area contributed by atoms with E-state index in [2.05, 4.69) is 0 Å². The quantitative estimate of drug-likeness (QED) is 0.207. The van der Waals surface area contributed by atoms with Crippen LogP contribution in [0.3, 0.4) is 0 Å². The maximum absolute atomic E-state index is 12.0. The van der Waals surface area contributed by atoms with Crippen LogP contribution in [0.2, 0.25) is 0 Å². The van der Waals surface area contributed by atoms with Gasteiger partial charge in [0.05, 0.1) is 14.2 Å². The Kier molecular flexibility index (Phi) is 6.75. The summed E-state index contributed by atoms with van der Waals surface area (Å²) in [7, 11) is 2.65. The molecule has 2 rings (SSSR count). The van der Waals surface area contributed by atoms with Crippen molar-refractivity contribution < 1.29 is 39.8 Å². The van der Waals surface area contributed by atoms with Gasteiger partial charge in [0.25, 0.3) is 0 Å². The fourth-order valence-corrected chi connectivity index (χ4v) is 2.33. The third-order valence-corrected chi connectivity index (χ3v) is 3.77. The number of methoxy groups -OCH3 is 2. The fourth-order valence-electron chi connectivity index (χ4n) is 2.33. The summed E-state index contributed by atoms with van der Waals surface area (Å²) < 4.78 is 9.83. The Morgan fingerprint density at radius 1 is 0.793 bits per heavy atom. The highest BCUT2D eigenvalue weighted by molar-refractivity contribution is 6.02. The second-order valence-corrected chi connectivity index (χ2v) is 5.82. The lowest BCUT2D eigenvalue weighted by atomic mass is 10.1. The summed E-state index contributed by atoms with van der Waals surface area (Å²) in [5, 5.41) is 48.3. The molecule has 0 aliphatic rings. The lowest BCUT2D eigenvalue weighted by molar-refractivity contribution is -0.110. The van der Waals surface area contributed by atoms with Gasteiger partial charge >= 0.3 is 0 Å². The molecule has 0 saturated heterocycles. The molecule has 8 heteroatoms. The van der Waals surface area contributed by atoms with E-state index in [1.165, 1.54) is 56.7 Å². The first-order chi connectivity index (χ1) is 13.7. The number of carbonyl (C=O) groups excluding carboxylic acids is 1. The van der Waals surface area contributed by atoms with Gasteiger partial charge in [-0.05, 0) is 47.5 Å². The zero-order valence-corrected chi connectivity index (χ0v) is 15.7. The van der Waals surface area contributed by atoms with Gasteiger partial charge in [0.15, 0.2) is 28.8 Å². The van der Waals surface area contributed by atoms with Gasteiger partial charge in [-0.3, -0.25) is 4.79 Å². The Balaban J connectivity index is 2.13. The minimum atomic E-state index is -0.537. The molecule has 2 aromatic rings. The van der Waals surface area contributed by atoms with Gasteiger partial charge in [0.2, 0.25) is 11.5 Å². The van der Waals surface area contributed by atoms with Crippen molar-refractivity contribution in [3.8, 4) is 34.5 Å². The topological polar surface area (TPSA) is 137 Å². The van der Waals surface area contributed by atoms with Crippen LogP contribution in [0, 0.1) is 0 Å².